The molecule has 2 aliphatic heterocycles. The summed E-state index contributed by atoms with van der Waals surface area (Å²) in [5, 5.41) is 0. The molecule has 2 unspecified atom stereocenters. The third kappa shape index (κ3) is 6.69. The van der Waals surface area contributed by atoms with Crippen LogP contribution < -0.4 is 5.73 Å². The Balaban J connectivity index is 1.67. The summed E-state index contributed by atoms with van der Waals surface area (Å²) in [6.07, 6.45) is 5.25. The number of hydrogen-bond acceptors (Lipinski definition) is 4. The van der Waals surface area contributed by atoms with Crippen molar-refractivity contribution in [1.29, 1.82) is 0 Å². The molecule has 1 aliphatic carbocycles. The number of carbonyl (C=O) groups excluding carboxylic acids is 2. The smallest absolute Gasteiger partial charge is 0.228 e. The van der Waals surface area contributed by atoms with Gasteiger partial charge >= 0.3 is 0 Å². The van der Waals surface area contributed by atoms with Gasteiger partial charge < -0.3 is 15.5 Å². The molecule has 3 fully saturated rings. The first-order valence-corrected chi connectivity index (χ1v) is 15.9. The maximum absolute atomic E-state index is 15.3. The molecule has 0 spiro atoms. The minimum Gasteiger partial charge on any atom is -0.336 e. The fourth-order valence-electron chi connectivity index (χ4n) is 7.62. The lowest BCUT2D eigenvalue weighted by Crippen LogP contribution is -2.54. The van der Waals surface area contributed by atoms with Gasteiger partial charge in [-0.25, -0.2) is 8.78 Å². The molecular formula is C34H54F2N4O2. The van der Waals surface area contributed by atoms with E-state index in [9.17, 15) is 14.0 Å². The summed E-state index contributed by atoms with van der Waals surface area (Å²) >= 11 is 0. The third-order valence-electron chi connectivity index (χ3n) is 10.0. The highest BCUT2D eigenvalue weighted by Crippen LogP contribution is 2.45. The molecule has 236 valence electrons. The van der Waals surface area contributed by atoms with E-state index in [-0.39, 0.29) is 46.9 Å². The van der Waals surface area contributed by atoms with Gasteiger partial charge in [-0.2, -0.15) is 0 Å². The number of amides is 2. The van der Waals surface area contributed by atoms with E-state index in [1.165, 1.54) is 12.1 Å². The molecule has 2 heterocycles. The molecule has 5 atom stereocenters. The maximum atomic E-state index is 15.3. The van der Waals surface area contributed by atoms with Crippen molar-refractivity contribution in [3.05, 3.63) is 35.4 Å². The summed E-state index contributed by atoms with van der Waals surface area (Å²) in [7, 11) is 0. The summed E-state index contributed by atoms with van der Waals surface area (Å²) in [5.41, 5.74) is 6.29. The Labute approximate surface area is 252 Å². The van der Waals surface area contributed by atoms with E-state index in [4.69, 9.17) is 5.73 Å². The first-order chi connectivity index (χ1) is 19.3. The van der Waals surface area contributed by atoms with Crippen LogP contribution in [-0.2, 0) is 9.59 Å². The SMILES string of the molecule is CC(N)[C@@H]1C[C@H](N(C(=O)C(C)(C)C)C2CCC(C)(C)CC2)CN1C(=O)[C@H]1CCN(C(C)(C)C)C1c1ccc(F)cc1F. The number of benzene rings is 1. The molecule has 3 aliphatic rings. The highest BCUT2D eigenvalue weighted by atomic mass is 19.1. The van der Waals surface area contributed by atoms with Crippen molar-refractivity contribution in [1.82, 2.24) is 14.7 Å². The van der Waals surface area contributed by atoms with Crippen molar-refractivity contribution < 1.29 is 18.4 Å². The second-order valence-corrected chi connectivity index (χ2v) is 16.0. The Morgan fingerprint density at radius 1 is 1.02 bits per heavy atom. The van der Waals surface area contributed by atoms with Gasteiger partial charge in [-0.3, -0.25) is 14.5 Å². The molecule has 4 rings (SSSR count). The van der Waals surface area contributed by atoms with Crippen LogP contribution in [0.1, 0.15) is 112 Å². The number of likely N-dealkylation sites (tertiary alicyclic amines) is 2. The number of nitrogens with two attached hydrogens (primary N) is 1. The lowest BCUT2D eigenvalue weighted by Gasteiger charge is -2.45. The van der Waals surface area contributed by atoms with Crippen LogP contribution >= 0.6 is 0 Å². The van der Waals surface area contributed by atoms with Crippen molar-refractivity contribution in [2.45, 2.75) is 137 Å². The van der Waals surface area contributed by atoms with Crippen molar-refractivity contribution in [3.63, 3.8) is 0 Å². The molecule has 1 aromatic rings. The van der Waals surface area contributed by atoms with E-state index in [0.717, 1.165) is 31.7 Å². The number of rotatable bonds is 5. The van der Waals surface area contributed by atoms with Crippen LogP contribution in [0.5, 0.6) is 0 Å². The van der Waals surface area contributed by atoms with Gasteiger partial charge in [0.15, 0.2) is 0 Å². The number of halogens is 2. The van der Waals surface area contributed by atoms with Gasteiger partial charge in [0.05, 0.1) is 12.0 Å². The minimum absolute atomic E-state index is 0.0480. The predicted molar refractivity (Wildman–Crippen MR) is 164 cm³/mol. The molecule has 1 aromatic carbocycles. The van der Waals surface area contributed by atoms with Gasteiger partial charge in [0.1, 0.15) is 11.6 Å². The normalized spacial score (nSPS) is 28.2. The predicted octanol–water partition coefficient (Wildman–Crippen LogP) is 6.29. The van der Waals surface area contributed by atoms with Crippen molar-refractivity contribution in [2.75, 3.05) is 13.1 Å². The van der Waals surface area contributed by atoms with Crippen LogP contribution in [-0.4, -0.2) is 69.3 Å². The molecule has 0 aromatic heterocycles. The van der Waals surface area contributed by atoms with E-state index < -0.39 is 29.0 Å². The van der Waals surface area contributed by atoms with Crippen LogP contribution in [0.25, 0.3) is 0 Å². The lowest BCUT2D eigenvalue weighted by atomic mass is 9.74. The van der Waals surface area contributed by atoms with Gasteiger partial charge in [0.2, 0.25) is 11.8 Å². The first kappa shape index (κ1) is 32.8. The van der Waals surface area contributed by atoms with E-state index in [2.05, 4.69) is 44.4 Å². The summed E-state index contributed by atoms with van der Waals surface area (Å²) in [6.45, 7) is 19.7. The monoisotopic (exact) mass is 588 g/mol. The fourth-order valence-corrected chi connectivity index (χ4v) is 7.62. The second-order valence-electron chi connectivity index (χ2n) is 16.0. The third-order valence-corrected chi connectivity index (χ3v) is 10.0. The average Bonchev–Trinajstić information content (AvgIpc) is 3.50. The van der Waals surface area contributed by atoms with Crippen LogP contribution in [0.3, 0.4) is 0 Å². The summed E-state index contributed by atoms with van der Waals surface area (Å²) in [4.78, 5) is 34.7. The maximum Gasteiger partial charge on any atom is 0.228 e. The van der Waals surface area contributed by atoms with Crippen LogP contribution in [0.15, 0.2) is 18.2 Å². The van der Waals surface area contributed by atoms with Crippen molar-refractivity contribution in [3.8, 4) is 0 Å². The Hall–Kier alpha value is -2.06. The quantitative estimate of drug-likeness (QED) is 0.439. The summed E-state index contributed by atoms with van der Waals surface area (Å²) in [5.74, 6) is -1.67. The molecule has 2 amide bonds. The number of carbonyl (C=O) groups is 2. The van der Waals surface area contributed by atoms with Crippen molar-refractivity contribution in [2.24, 2.45) is 22.5 Å². The molecular weight excluding hydrogens is 534 g/mol. The Morgan fingerprint density at radius 3 is 2.17 bits per heavy atom. The van der Waals surface area contributed by atoms with E-state index in [1.807, 2.05) is 32.6 Å². The molecule has 0 bridgehead atoms. The summed E-state index contributed by atoms with van der Waals surface area (Å²) < 4.78 is 29.2. The summed E-state index contributed by atoms with van der Waals surface area (Å²) in [6, 6.07) is 2.68. The van der Waals surface area contributed by atoms with E-state index in [1.54, 1.807) is 0 Å². The van der Waals surface area contributed by atoms with Crippen molar-refractivity contribution >= 4 is 11.8 Å². The Morgan fingerprint density at radius 2 is 1.64 bits per heavy atom. The molecule has 6 nitrogen and oxygen atoms in total. The van der Waals surface area contributed by atoms with Crippen LogP contribution in [0, 0.1) is 28.4 Å². The van der Waals surface area contributed by atoms with Crippen LogP contribution in [0.4, 0.5) is 8.78 Å². The van der Waals surface area contributed by atoms with Gasteiger partial charge in [0.25, 0.3) is 0 Å². The van der Waals surface area contributed by atoms with E-state index >= 15 is 4.39 Å². The highest BCUT2D eigenvalue weighted by molar-refractivity contribution is 5.83. The minimum atomic E-state index is -0.631. The lowest BCUT2D eigenvalue weighted by molar-refractivity contribution is -0.147. The van der Waals surface area contributed by atoms with Gasteiger partial charge in [-0.15, -0.1) is 0 Å². The molecule has 42 heavy (non-hydrogen) atoms. The fraction of sp³-hybridized carbons (Fsp3) is 0.765. The number of nitrogens with zero attached hydrogens (tertiary/aromatic N) is 3. The van der Waals surface area contributed by atoms with Gasteiger partial charge in [-0.1, -0.05) is 40.7 Å². The average molecular weight is 589 g/mol. The van der Waals surface area contributed by atoms with Gasteiger partial charge in [0, 0.05) is 59.8 Å². The zero-order chi connectivity index (χ0) is 31.4. The standard InChI is InChI=1S/C34H54F2N4O2/c1-21(37)28-19-24(40(31(42)32(2,3)4)23-12-15-34(8,9)16-13-23)20-38(28)30(41)26-14-17-39(33(5,6)7)29(26)25-11-10-22(35)18-27(25)36/h10-11,18,21,23-24,26,28-29H,12-17,19-20,37H2,1-9H3/t21?,24-,26-,28-,29?/m0/s1. The van der Waals surface area contributed by atoms with E-state index in [0.29, 0.717) is 31.5 Å². The van der Waals surface area contributed by atoms with Crippen LogP contribution in [0.2, 0.25) is 0 Å². The molecule has 2 saturated heterocycles. The molecule has 8 heteroatoms. The number of hydrogen-bond donors (Lipinski definition) is 1. The zero-order valence-corrected chi connectivity index (χ0v) is 27.3. The van der Waals surface area contributed by atoms with Gasteiger partial charge in [-0.05, 0) is 77.7 Å². The highest BCUT2D eigenvalue weighted by Gasteiger charge is 2.51. The Bertz CT molecular complexity index is 1150. The first-order valence-electron chi connectivity index (χ1n) is 15.9. The zero-order valence-electron chi connectivity index (χ0n) is 27.3. The Kier molecular flexibility index (Phi) is 9.22. The topological polar surface area (TPSA) is 69.9 Å². The largest absolute Gasteiger partial charge is 0.336 e. The molecule has 2 N–H and O–H groups in total. The molecule has 1 saturated carbocycles. The second kappa shape index (κ2) is 11.8. The molecule has 0 radical (unpaired) electrons.